The molecule has 5 nitrogen and oxygen atoms in total. The van der Waals surface area contributed by atoms with Crippen LogP contribution in [0, 0.1) is 30.9 Å². The molecule has 0 N–H and O–H groups in total. The van der Waals surface area contributed by atoms with E-state index >= 15 is 0 Å². The predicted molar refractivity (Wildman–Crippen MR) is 78.5 cm³/mol. The average molecular weight is 359 g/mol. The van der Waals surface area contributed by atoms with E-state index < -0.39 is 0 Å². The molecule has 1 atom stereocenters. The summed E-state index contributed by atoms with van der Waals surface area (Å²) in [5.41, 5.74) is 0.666. The van der Waals surface area contributed by atoms with Crippen molar-refractivity contribution < 1.29 is 4.92 Å². The Morgan fingerprint density at radius 3 is 2.78 bits per heavy atom. The molecule has 0 aliphatic carbocycles. The molecule has 0 aliphatic rings. The molecule has 0 saturated heterocycles. The van der Waals surface area contributed by atoms with E-state index in [2.05, 4.69) is 6.07 Å². The Labute approximate surface area is 120 Å². The van der Waals surface area contributed by atoms with E-state index in [-0.39, 0.29) is 16.5 Å². The number of rotatable bonds is 5. The second-order valence-corrected chi connectivity index (χ2v) is 5.20. The molecule has 0 fully saturated rings. The van der Waals surface area contributed by atoms with E-state index in [1.54, 1.807) is 19.1 Å². The van der Waals surface area contributed by atoms with Crippen LogP contribution in [-0.2, 0) is 0 Å². The second-order valence-electron chi connectivity index (χ2n) is 3.96. The average Bonchev–Trinajstić information content (AvgIpc) is 2.35. The van der Waals surface area contributed by atoms with Crippen LogP contribution in [0.3, 0.4) is 0 Å². The lowest BCUT2D eigenvalue weighted by Crippen LogP contribution is -2.28. The molecule has 1 rings (SSSR count). The van der Waals surface area contributed by atoms with Gasteiger partial charge in [-0.1, -0.05) is 0 Å². The van der Waals surface area contributed by atoms with Crippen molar-refractivity contribution in [2.24, 2.45) is 5.92 Å². The topological polar surface area (TPSA) is 70.2 Å². The standard InChI is InChI=1S/C12H14IN3O2/c1-3-15(8-9(2)7-14)11-5-4-10(13)6-12(11)16(17)18/h4-6,9H,3,8H2,1-2H3. The molecule has 0 aromatic heterocycles. The van der Waals surface area contributed by atoms with E-state index in [4.69, 9.17) is 5.26 Å². The molecule has 0 saturated carbocycles. The maximum Gasteiger partial charge on any atom is 0.293 e. The van der Waals surface area contributed by atoms with E-state index in [9.17, 15) is 10.1 Å². The zero-order valence-electron chi connectivity index (χ0n) is 10.3. The van der Waals surface area contributed by atoms with Gasteiger partial charge in [-0.25, -0.2) is 0 Å². The van der Waals surface area contributed by atoms with Crippen LogP contribution in [0.25, 0.3) is 0 Å². The van der Waals surface area contributed by atoms with Crippen molar-refractivity contribution >= 4 is 34.0 Å². The van der Waals surface area contributed by atoms with Gasteiger partial charge in [0.1, 0.15) is 5.69 Å². The van der Waals surface area contributed by atoms with Crippen LogP contribution in [0.15, 0.2) is 18.2 Å². The van der Waals surface area contributed by atoms with E-state index in [1.807, 2.05) is 40.5 Å². The number of hydrogen-bond acceptors (Lipinski definition) is 4. The van der Waals surface area contributed by atoms with Crippen LogP contribution in [-0.4, -0.2) is 18.0 Å². The highest BCUT2D eigenvalue weighted by atomic mass is 127. The monoisotopic (exact) mass is 359 g/mol. The number of nitro benzene ring substituents is 1. The summed E-state index contributed by atoms with van der Waals surface area (Å²) in [5, 5.41) is 19.9. The Morgan fingerprint density at radius 2 is 2.28 bits per heavy atom. The largest absolute Gasteiger partial charge is 0.365 e. The van der Waals surface area contributed by atoms with Crippen LogP contribution in [0.2, 0.25) is 0 Å². The van der Waals surface area contributed by atoms with Crippen LogP contribution in [0.4, 0.5) is 11.4 Å². The Kier molecular flexibility index (Phi) is 5.34. The summed E-state index contributed by atoms with van der Waals surface area (Å²) in [7, 11) is 0. The Hall–Kier alpha value is -1.36. The molecule has 0 amide bonds. The van der Waals surface area contributed by atoms with Crippen LogP contribution < -0.4 is 4.90 Å². The SMILES string of the molecule is CCN(CC(C)C#N)c1ccc(I)cc1[N+](=O)[O-]. The molecule has 6 heteroatoms. The van der Waals surface area contributed by atoms with Crippen LogP contribution in [0.1, 0.15) is 13.8 Å². The van der Waals surface area contributed by atoms with E-state index in [0.717, 1.165) is 3.57 Å². The third-order valence-electron chi connectivity index (χ3n) is 2.57. The number of nitriles is 1. The van der Waals surface area contributed by atoms with Gasteiger partial charge in [0, 0.05) is 22.7 Å². The fourth-order valence-corrected chi connectivity index (χ4v) is 2.15. The summed E-state index contributed by atoms with van der Waals surface area (Å²) in [4.78, 5) is 12.5. The zero-order valence-corrected chi connectivity index (χ0v) is 12.4. The van der Waals surface area contributed by atoms with Crippen molar-refractivity contribution in [3.05, 3.63) is 31.9 Å². The van der Waals surface area contributed by atoms with Gasteiger partial charge in [0.15, 0.2) is 0 Å². The number of nitro groups is 1. The maximum absolute atomic E-state index is 11.1. The van der Waals surface area contributed by atoms with Crippen LogP contribution in [0.5, 0.6) is 0 Å². The molecule has 1 unspecified atom stereocenters. The summed E-state index contributed by atoms with van der Waals surface area (Å²) in [6.45, 7) is 4.86. The van der Waals surface area contributed by atoms with Gasteiger partial charge in [-0.05, 0) is 48.6 Å². The summed E-state index contributed by atoms with van der Waals surface area (Å²) in [6.07, 6.45) is 0. The third-order valence-corrected chi connectivity index (χ3v) is 3.24. The molecule has 18 heavy (non-hydrogen) atoms. The highest BCUT2D eigenvalue weighted by molar-refractivity contribution is 14.1. The quantitative estimate of drug-likeness (QED) is 0.460. The minimum Gasteiger partial charge on any atom is -0.365 e. The molecule has 1 aromatic carbocycles. The van der Waals surface area contributed by atoms with Crippen LogP contribution >= 0.6 is 22.6 Å². The van der Waals surface area contributed by atoms with Gasteiger partial charge in [0.2, 0.25) is 0 Å². The van der Waals surface area contributed by atoms with E-state index in [1.165, 1.54) is 0 Å². The maximum atomic E-state index is 11.1. The fourth-order valence-electron chi connectivity index (χ4n) is 1.68. The second kappa shape index (κ2) is 6.54. The third kappa shape index (κ3) is 3.57. The summed E-state index contributed by atoms with van der Waals surface area (Å²) in [6, 6.07) is 7.28. The lowest BCUT2D eigenvalue weighted by atomic mass is 10.1. The zero-order chi connectivity index (χ0) is 13.7. The van der Waals surface area contributed by atoms with Crippen molar-refractivity contribution in [2.45, 2.75) is 13.8 Å². The highest BCUT2D eigenvalue weighted by Gasteiger charge is 2.20. The lowest BCUT2D eigenvalue weighted by molar-refractivity contribution is -0.384. The number of anilines is 1. The highest BCUT2D eigenvalue weighted by Crippen LogP contribution is 2.30. The van der Waals surface area contributed by atoms with Gasteiger partial charge in [-0.2, -0.15) is 5.26 Å². The van der Waals surface area contributed by atoms with Crippen molar-refractivity contribution in [1.29, 1.82) is 5.26 Å². The van der Waals surface area contributed by atoms with Gasteiger partial charge < -0.3 is 4.90 Å². The first-order chi connectivity index (χ1) is 8.49. The number of benzene rings is 1. The minimum atomic E-state index is -0.378. The lowest BCUT2D eigenvalue weighted by Gasteiger charge is -2.23. The fraction of sp³-hybridized carbons (Fsp3) is 0.417. The van der Waals surface area contributed by atoms with E-state index in [0.29, 0.717) is 18.8 Å². The van der Waals surface area contributed by atoms with Crippen molar-refractivity contribution in [1.82, 2.24) is 0 Å². The van der Waals surface area contributed by atoms with Gasteiger partial charge in [0.25, 0.3) is 5.69 Å². The summed E-state index contributed by atoms with van der Waals surface area (Å²) in [5.74, 6) is -0.163. The van der Waals surface area contributed by atoms with Gasteiger partial charge in [0.05, 0.1) is 16.9 Å². The molecule has 0 heterocycles. The Balaban J connectivity index is 3.13. The van der Waals surface area contributed by atoms with Gasteiger partial charge >= 0.3 is 0 Å². The molecule has 96 valence electrons. The normalized spacial score (nSPS) is 11.7. The smallest absolute Gasteiger partial charge is 0.293 e. The Bertz CT molecular complexity index is 485. The molecule has 0 radical (unpaired) electrons. The Morgan fingerprint density at radius 1 is 1.61 bits per heavy atom. The molecular formula is C12H14IN3O2. The van der Waals surface area contributed by atoms with Gasteiger partial charge in [-0.15, -0.1) is 0 Å². The van der Waals surface area contributed by atoms with Crippen molar-refractivity contribution in [3.63, 3.8) is 0 Å². The molecule has 0 spiro atoms. The number of hydrogen-bond donors (Lipinski definition) is 0. The first-order valence-corrected chi connectivity index (χ1v) is 6.66. The molecule has 1 aromatic rings. The number of nitrogens with zero attached hydrogens (tertiary/aromatic N) is 3. The first kappa shape index (κ1) is 14.7. The molecule has 0 bridgehead atoms. The molecule has 0 aliphatic heterocycles. The minimum absolute atomic E-state index is 0.0916. The van der Waals surface area contributed by atoms with Crippen molar-refractivity contribution in [3.8, 4) is 6.07 Å². The van der Waals surface area contributed by atoms with Crippen molar-refractivity contribution in [2.75, 3.05) is 18.0 Å². The predicted octanol–water partition coefficient (Wildman–Crippen LogP) is 3.19. The number of halogens is 1. The molecular weight excluding hydrogens is 345 g/mol. The van der Waals surface area contributed by atoms with Gasteiger partial charge in [-0.3, -0.25) is 10.1 Å². The summed E-state index contributed by atoms with van der Waals surface area (Å²) < 4.78 is 0.826. The first-order valence-electron chi connectivity index (χ1n) is 5.58. The summed E-state index contributed by atoms with van der Waals surface area (Å²) >= 11 is 2.05.